The standard InChI is InChI=1S/C10H10N4O3S2/c15-19(16,14-10-12-6-13-18-10)7-1-2-8-9(5-7)17-4-3-11-8/h1-2,5-6,11H,3-4H2,(H,12,13,14). The van der Waals surface area contributed by atoms with Gasteiger partial charge in [0, 0.05) is 24.1 Å². The predicted octanol–water partition coefficient (Wildman–Crippen LogP) is 1.14. The van der Waals surface area contributed by atoms with E-state index in [0.717, 1.165) is 17.2 Å². The van der Waals surface area contributed by atoms with Crippen LogP contribution in [0.3, 0.4) is 0 Å². The van der Waals surface area contributed by atoms with Crippen molar-refractivity contribution >= 4 is 32.4 Å². The molecule has 0 radical (unpaired) electrons. The Kier molecular flexibility index (Phi) is 2.99. The third-order valence-corrected chi connectivity index (χ3v) is 4.57. The molecule has 7 nitrogen and oxygen atoms in total. The summed E-state index contributed by atoms with van der Waals surface area (Å²) in [6, 6.07) is 4.69. The van der Waals surface area contributed by atoms with Crippen LogP contribution in [0, 0.1) is 0 Å². The van der Waals surface area contributed by atoms with E-state index >= 15 is 0 Å². The number of hydrogen-bond donors (Lipinski definition) is 2. The van der Waals surface area contributed by atoms with Gasteiger partial charge in [-0.2, -0.15) is 4.37 Å². The number of aromatic nitrogens is 2. The van der Waals surface area contributed by atoms with Crippen molar-refractivity contribution in [2.45, 2.75) is 4.90 Å². The van der Waals surface area contributed by atoms with Gasteiger partial charge in [-0.15, -0.1) is 0 Å². The molecule has 0 spiro atoms. The number of hydrogen-bond acceptors (Lipinski definition) is 7. The van der Waals surface area contributed by atoms with Gasteiger partial charge in [-0.3, -0.25) is 4.72 Å². The maximum atomic E-state index is 12.1. The monoisotopic (exact) mass is 298 g/mol. The van der Waals surface area contributed by atoms with Crippen LogP contribution in [0.4, 0.5) is 10.8 Å². The highest BCUT2D eigenvalue weighted by Crippen LogP contribution is 2.30. The highest BCUT2D eigenvalue weighted by molar-refractivity contribution is 7.93. The zero-order valence-electron chi connectivity index (χ0n) is 9.66. The number of rotatable bonds is 3. The minimum atomic E-state index is -3.67. The Morgan fingerprint density at radius 2 is 2.32 bits per heavy atom. The molecule has 19 heavy (non-hydrogen) atoms. The molecule has 2 heterocycles. The molecular formula is C10H10N4O3S2. The molecule has 1 aliphatic heterocycles. The summed E-state index contributed by atoms with van der Waals surface area (Å²) in [5, 5.41) is 3.36. The minimum absolute atomic E-state index is 0.130. The van der Waals surface area contributed by atoms with Gasteiger partial charge in [-0.25, -0.2) is 13.4 Å². The molecule has 2 N–H and O–H groups in total. The summed E-state index contributed by atoms with van der Waals surface area (Å²) in [5.74, 6) is 0.534. The molecule has 0 amide bonds. The van der Waals surface area contributed by atoms with Gasteiger partial charge >= 0.3 is 0 Å². The van der Waals surface area contributed by atoms with E-state index in [1.54, 1.807) is 6.07 Å². The molecule has 2 aromatic rings. The van der Waals surface area contributed by atoms with Gasteiger partial charge in [-0.1, -0.05) is 0 Å². The van der Waals surface area contributed by atoms with E-state index in [4.69, 9.17) is 4.74 Å². The number of nitrogens with zero attached hydrogens (tertiary/aromatic N) is 2. The fraction of sp³-hybridized carbons (Fsp3) is 0.200. The molecule has 0 saturated heterocycles. The number of benzene rings is 1. The fourth-order valence-electron chi connectivity index (χ4n) is 1.67. The normalized spacial score (nSPS) is 14.1. The number of nitrogens with one attached hydrogen (secondary N) is 2. The predicted molar refractivity (Wildman–Crippen MR) is 71.1 cm³/mol. The first-order chi connectivity index (χ1) is 9.15. The first-order valence-electron chi connectivity index (χ1n) is 5.45. The van der Waals surface area contributed by atoms with Crippen molar-refractivity contribution in [2.24, 2.45) is 0 Å². The Bertz CT molecular complexity index is 685. The fourth-order valence-corrected chi connectivity index (χ4v) is 3.35. The van der Waals surface area contributed by atoms with Crippen LogP contribution in [0.15, 0.2) is 29.4 Å². The Labute approximate surface area is 113 Å². The molecule has 0 fully saturated rings. The van der Waals surface area contributed by atoms with Crippen LogP contribution in [0.25, 0.3) is 0 Å². The minimum Gasteiger partial charge on any atom is -0.490 e. The van der Waals surface area contributed by atoms with E-state index in [1.807, 2.05) is 0 Å². The summed E-state index contributed by atoms with van der Waals surface area (Å²) in [4.78, 5) is 3.92. The Hall–Kier alpha value is -1.87. The Balaban J connectivity index is 1.93. The van der Waals surface area contributed by atoms with Crippen LogP contribution in [-0.2, 0) is 10.0 Å². The Morgan fingerprint density at radius 3 is 3.11 bits per heavy atom. The van der Waals surface area contributed by atoms with Gasteiger partial charge in [0.2, 0.25) is 5.13 Å². The number of sulfonamides is 1. The van der Waals surface area contributed by atoms with Crippen LogP contribution in [0.5, 0.6) is 5.75 Å². The van der Waals surface area contributed by atoms with E-state index in [-0.39, 0.29) is 10.0 Å². The van der Waals surface area contributed by atoms with Gasteiger partial charge in [0.05, 0.1) is 10.6 Å². The number of fused-ring (bicyclic) bond motifs is 1. The van der Waals surface area contributed by atoms with Gasteiger partial charge in [-0.05, 0) is 12.1 Å². The van der Waals surface area contributed by atoms with E-state index in [2.05, 4.69) is 19.4 Å². The van der Waals surface area contributed by atoms with Gasteiger partial charge < -0.3 is 10.1 Å². The molecule has 0 aliphatic carbocycles. The van der Waals surface area contributed by atoms with E-state index in [1.165, 1.54) is 18.5 Å². The third kappa shape index (κ3) is 2.47. The second-order valence-electron chi connectivity index (χ2n) is 3.79. The second kappa shape index (κ2) is 4.67. The van der Waals surface area contributed by atoms with Crippen molar-refractivity contribution in [2.75, 3.05) is 23.2 Å². The number of ether oxygens (including phenoxy) is 1. The van der Waals surface area contributed by atoms with Gasteiger partial charge in [0.25, 0.3) is 10.0 Å². The molecule has 0 unspecified atom stereocenters. The maximum Gasteiger partial charge on any atom is 0.263 e. The van der Waals surface area contributed by atoms with Crippen LogP contribution in [-0.4, -0.2) is 30.9 Å². The maximum absolute atomic E-state index is 12.1. The molecule has 0 bridgehead atoms. The summed E-state index contributed by atoms with van der Waals surface area (Å²) in [6.07, 6.45) is 1.29. The van der Waals surface area contributed by atoms with E-state index in [9.17, 15) is 8.42 Å². The summed E-state index contributed by atoms with van der Waals surface area (Å²) in [7, 11) is -3.67. The van der Waals surface area contributed by atoms with Crippen LogP contribution < -0.4 is 14.8 Å². The van der Waals surface area contributed by atoms with E-state index < -0.39 is 10.0 Å². The van der Waals surface area contributed by atoms with Crippen molar-refractivity contribution in [3.63, 3.8) is 0 Å². The molecular weight excluding hydrogens is 288 g/mol. The zero-order valence-corrected chi connectivity index (χ0v) is 11.3. The van der Waals surface area contributed by atoms with Crippen molar-refractivity contribution in [3.05, 3.63) is 24.5 Å². The van der Waals surface area contributed by atoms with Crippen LogP contribution >= 0.6 is 11.5 Å². The number of anilines is 2. The second-order valence-corrected chi connectivity index (χ2v) is 6.25. The van der Waals surface area contributed by atoms with Gasteiger partial charge in [0.1, 0.15) is 18.7 Å². The molecule has 100 valence electrons. The summed E-state index contributed by atoms with van der Waals surface area (Å²) in [6.45, 7) is 1.22. The topological polar surface area (TPSA) is 93.2 Å². The summed E-state index contributed by atoms with van der Waals surface area (Å²) >= 11 is 0.978. The average molecular weight is 298 g/mol. The molecule has 1 aliphatic rings. The lowest BCUT2D eigenvalue weighted by molar-refractivity contribution is 0.322. The SMILES string of the molecule is O=S(=O)(Nc1ncns1)c1ccc2c(c1)OCCN2. The third-order valence-electron chi connectivity index (χ3n) is 2.52. The highest BCUT2D eigenvalue weighted by Gasteiger charge is 2.19. The highest BCUT2D eigenvalue weighted by atomic mass is 32.2. The van der Waals surface area contributed by atoms with Gasteiger partial charge in [0.15, 0.2) is 0 Å². The average Bonchev–Trinajstić information content (AvgIpc) is 2.90. The largest absolute Gasteiger partial charge is 0.490 e. The molecule has 1 aromatic heterocycles. The van der Waals surface area contributed by atoms with Crippen molar-refractivity contribution in [1.82, 2.24) is 9.36 Å². The quantitative estimate of drug-likeness (QED) is 0.882. The molecule has 1 aromatic carbocycles. The first kappa shape index (κ1) is 12.2. The first-order valence-corrected chi connectivity index (χ1v) is 7.71. The van der Waals surface area contributed by atoms with E-state index in [0.29, 0.717) is 18.9 Å². The molecule has 3 rings (SSSR count). The smallest absolute Gasteiger partial charge is 0.263 e. The lowest BCUT2D eigenvalue weighted by atomic mass is 10.2. The van der Waals surface area contributed by atoms with Crippen molar-refractivity contribution in [1.29, 1.82) is 0 Å². The van der Waals surface area contributed by atoms with Crippen LogP contribution in [0.1, 0.15) is 0 Å². The summed E-state index contributed by atoms with van der Waals surface area (Å²) < 4.78 is 35.8. The molecule has 0 atom stereocenters. The Morgan fingerprint density at radius 1 is 1.42 bits per heavy atom. The van der Waals surface area contributed by atoms with Crippen molar-refractivity contribution in [3.8, 4) is 5.75 Å². The molecule has 0 saturated carbocycles. The summed E-state index contributed by atoms with van der Waals surface area (Å²) in [5.41, 5.74) is 0.793. The lowest BCUT2D eigenvalue weighted by Crippen LogP contribution is -2.19. The van der Waals surface area contributed by atoms with Crippen molar-refractivity contribution < 1.29 is 13.2 Å². The molecule has 9 heteroatoms. The zero-order chi connectivity index (χ0) is 13.3. The van der Waals surface area contributed by atoms with Crippen LogP contribution in [0.2, 0.25) is 0 Å². The lowest BCUT2D eigenvalue weighted by Gasteiger charge is -2.19.